The molecule has 1 atom stereocenters. The molecule has 1 aliphatic rings. The van der Waals surface area contributed by atoms with Crippen LogP contribution in [-0.2, 0) is 16.0 Å². The molecule has 0 spiro atoms. The number of aryl methyl sites for hydroxylation is 1. The standard InChI is InChI=1S/C20H22N2O2/c23-19(21-14-7-10-16-8-3-1-4-9-16)18-13-15-22(20(18)24)17-11-5-2-6-12-17/h1-6,8-9,11-12,18H,7,10,13-15H2,(H,21,23)/t18-/m1/s1. The molecule has 2 aromatic carbocycles. The summed E-state index contributed by atoms with van der Waals surface area (Å²) in [4.78, 5) is 26.5. The van der Waals surface area contributed by atoms with Crippen LogP contribution < -0.4 is 10.2 Å². The van der Waals surface area contributed by atoms with Gasteiger partial charge in [0.2, 0.25) is 11.8 Å². The van der Waals surface area contributed by atoms with Crippen LogP contribution in [0.25, 0.3) is 0 Å². The molecule has 4 heteroatoms. The van der Waals surface area contributed by atoms with Crippen molar-refractivity contribution in [2.45, 2.75) is 19.3 Å². The number of nitrogens with one attached hydrogen (secondary N) is 1. The van der Waals surface area contributed by atoms with Gasteiger partial charge in [-0.25, -0.2) is 0 Å². The Bertz CT molecular complexity index is 685. The van der Waals surface area contributed by atoms with E-state index < -0.39 is 5.92 Å². The van der Waals surface area contributed by atoms with Gasteiger partial charge in [-0.15, -0.1) is 0 Å². The van der Waals surface area contributed by atoms with E-state index >= 15 is 0 Å². The van der Waals surface area contributed by atoms with Crippen LogP contribution in [0.2, 0.25) is 0 Å². The fraction of sp³-hybridized carbons (Fsp3) is 0.300. The Kier molecular flexibility index (Phi) is 5.26. The highest BCUT2D eigenvalue weighted by molar-refractivity contribution is 6.09. The van der Waals surface area contributed by atoms with Crippen LogP contribution >= 0.6 is 0 Å². The van der Waals surface area contributed by atoms with Gasteiger partial charge in [-0.3, -0.25) is 9.59 Å². The predicted octanol–water partition coefficient (Wildman–Crippen LogP) is 2.79. The van der Waals surface area contributed by atoms with E-state index in [0.29, 0.717) is 19.5 Å². The molecule has 4 nitrogen and oxygen atoms in total. The molecule has 1 N–H and O–H groups in total. The van der Waals surface area contributed by atoms with Crippen LogP contribution in [0.3, 0.4) is 0 Å². The predicted molar refractivity (Wildman–Crippen MR) is 94.7 cm³/mol. The number of carbonyl (C=O) groups is 2. The lowest BCUT2D eigenvalue weighted by Gasteiger charge is -2.16. The smallest absolute Gasteiger partial charge is 0.239 e. The molecule has 124 valence electrons. The first-order chi connectivity index (χ1) is 11.8. The van der Waals surface area contributed by atoms with Crippen molar-refractivity contribution in [3.8, 4) is 0 Å². The van der Waals surface area contributed by atoms with Crippen LogP contribution in [-0.4, -0.2) is 24.9 Å². The topological polar surface area (TPSA) is 49.4 Å². The van der Waals surface area contributed by atoms with Crippen molar-refractivity contribution in [3.05, 3.63) is 66.2 Å². The Morgan fingerprint density at radius 2 is 1.71 bits per heavy atom. The zero-order valence-electron chi connectivity index (χ0n) is 13.7. The molecule has 2 amide bonds. The van der Waals surface area contributed by atoms with E-state index in [-0.39, 0.29) is 11.8 Å². The molecular weight excluding hydrogens is 300 g/mol. The number of amides is 2. The summed E-state index contributed by atoms with van der Waals surface area (Å²) in [5.74, 6) is -0.796. The van der Waals surface area contributed by atoms with Gasteiger partial charge in [-0.05, 0) is 37.0 Å². The van der Waals surface area contributed by atoms with Crippen LogP contribution in [0.15, 0.2) is 60.7 Å². The molecule has 0 aromatic heterocycles. The number of benzene rings is 2. The third-order valence-electron chi connectivity index (χ3n) is 4.37. The van der Waals surface area contributed by atoms with Crippen LogP contribution in [0, 0.1) is 5.92 Å². The lowest BCUT2D eigenvalue weighted by atomic mass is 10.1. The van der Waals surface area contributed by atoms with Crippen molar-refractivity contribution in [2.75, 3.05) is 18.0 Å². The molecule has 1 aliphatic heterocycles. The zero-order valence-corrected chi connectivity index (χ0v) is 13.7. The molecule has 0 radical (unpaired) electrons. The lowest BCUT2D eigenvalue weighted by Crippen LogP contribution is -2.37. The summed E-state index contributed by atoms with van der Waals surface area (Å²) in [7, 11) is 0. The van der Waals surface area contributed by atoms with Gasteiger partial charge in [-0.1, -0.05) is 48.5 Å². The van der Waals surface area contributed by atoms with Gasteiger partial charge in [0.05, 0.1) is 0 Å². The molecule has 1 fully saturated rings. The maximum atomic E-state index is 12.5. The normalized spacial score (nSPS) is 17.1. The van der Waals surface area contributed by atoms with E-state index in [0.717, 1.165) is 18.5 Å². The zero-order chi connectivity index (χ0) is 16.8. The minimum absolute atomic E-state index is 0.0956. The molecule has 1 saturated heterocycles. The Morgan fingerprint density at radius 3 is 2.42 bits per heavy atom. The number of nitrogens with zero attached hydrogens (tertiary/aromatic N) is 1. The molecular formula is C20H22N2O2. The lowest BCUT2D eigenvalue weighted by molar-refractivity contribution is -0.132. The Balaban J connectivity index is 1.46. The van der Waals surface area contributed by atoms with E-state index in [1.54, 1.807) is 4.90 Å². The van der Waals surface area contributed by atoms with E-state index in [4.69, 9.17) is 0 Å². The molecule has 0 saturated carbocycles. The highest BCUT2D eigenvalue weighted by atomic mass is 16.2. The van der Waals surface area contributed by atoms with Gasteiger partial charge in [0.1, 0.15) is 5.92 Å². The summed E-state index contributed by atoms with van der Waals surface area (Å²) >= 11 is 0. The summed E-state index contributed by atoms with van der Waals surface area (Å²) in [5.41, 5.74) is 2.13. The Labute approximate surface area is 142 Å². The van der Waals surface area contributed by atoms with Crippen molar-refractivity contribution in [3.63, 3.8) is 0 Å². The second-order valence-corrected chi connectivity index (χ2v) is 6.05. The summed E-state index contributed by atoms with van der Waals surface area (Å²) in [6.45, 7) is 1.20. The van der Waals surface area contributed by atoms with Crippen molar-refractivity contribution in [2.24, 2.45) is 5.92 Å². The average molecular weight is 322 g/mol. The number of rotatable bonds is 6. The molecule has 3 rings (SSSR count). The highest BCUT2D eigenvalue weighted by Gasteiger charge is 2.37. The van der Waals surface area contributed by atoms with Gasteiger partial charge >= 0.3 is 0 Å². The molecule has 0 bridgehead atoms. The SMILES string of the molecule is O=C(NCCCc1ccccc1)[C@H]1CCN(c2ccccc2)C1=O. The Hall–Kier alpha value is -2.62. The second-order valence-electron chi connectivity index (χ2n) is 6.05. The molecule has 1 heterocycles. The summed E-state index contributed by atoms with van der Waals surface area (Å²) in [6.07, 6.45) is 2.38. The van der Waals surface area contributed by atoms with Crippen molar-refractivity contribution in [1.82, 2.24) is 5.32 Å². The van der Waals surface area contributed by atoms with Gasteiger partial charge in [0.25, 0.3) is 0 Å². The third-order valence-corrected chi connectivity index (χ3v) is 4.37. The third kappa shape index (κ3) is 3.82. The number of carbonyl (C=O) groups excluding carboxylic acids is 2. The monoisotopic (exact) mass is 322 g/mol. The summed E-state index contributed by atoms with van der Waals surface area (Å²) in [5, 5.41) is 2.91. The largest absolute Gasteiger partial charge is 0.355 e. The van der Waals surface area contributed by atoms with Crippen molar-refractivity contribution < 1.29 is 9.59 Å². The number of hydrogen-bond donors (Lipinski definition) is 1. The molecule has 0 unspecified atom stereocenters. The maximum Gasteiger partial charge on any atom is 0.239 e. The van der Waals surface area contributed by atoms with Gasteiger partial charge < -0.3 is 10.2 Å². The van der Waals surface area contributed by atoms with Crippen molar-refractivity contribution >= 4 is 17.5 Å². The summed E-state index contributed by atoms with van der Waals surface area (Å²) < 4.78 is 0. The van der Waals surface area contributed by atoms with Crippen LogP contribution in [0.5, 0.6) is 0 Å². The average Bonchev–Trinajstić information content (AvgIpc) is 3.02. The first-order valence-electron chi connectivity index (χ1n) is 8.44. The van der Waals surface area contributed by atoms with Crippen LogP contribution in [0.4, 0.5) is 5.69 Å². The van der Waals surface area contributed by atoms with E-state index in [1.165, 1.54) is 5.56 Å². The number of para-hydroxylation sites is 1. The minimum atomic E-state index is -0.554. The maximum absolute atomic E-state index is 12.5. The van der Waals surface area contributed by atoms with Crippen LogP contribution in [0.1, 0.15) is 18.4 Å². The number of hydrogen-bond acceptors (Lipinski definition) is 2. The van der Waals surface area contributed by atoms with E-state index in [9.17, 15) is 9.59 Å². The number of anilines is 1. The van der Waals surface area contributed by atoms with E-state index in [2.05, 4.69) is 17.4 Å². The second kappa shape index (κ2) is 7.77. The minimum Gasteiger partial charge on any atom is -0.355 e. The van der Waals surface area contributed by atoms with Crippen molar-refractivity contribution in [1.29, 1.82) is 0 Å². The van der Waals surface area contributed by atoms with Gasteiger partial charge in [0, 0.05) is 18.8 Å². The van der Waals surface area contributed by atoms with Gasteiger partial charge in [-0.2, -0.15) is 0 Å². The highest BCUT2D eigenvalue weighted by Crippen LogP contribution is 2.25. The fourth-order valence-electron chi connectivity index (χ4n) is 3.06. The quantitative estimate of drug-likeness (QED) is 0.657. The van der Waals surface area contributed by atoms with Gasteiger partial charge in [0.15, 0.2) is 0 Å². The molecule has 0 aliphatic carbocycles. The Morgan fingerprint density at radius 1 is 1.04 bits per heavy atom. The van der Waals surface area contributed by atoms with E-state index in [1.807, 2.05) is 48.5 Å². The molecule has 24 heavy (non-hydrogen) atoms. The first-order valence-corrected chi connectivity index (χ1v) is 8.44. The summed E-state index contributed by atoms with van der Waals surface area (Å²) in [6, 6.07) is 19.7. The first kappa shape index (κ1) is 16.2. The fourth-order valence-corrected chi connectivity index (χ4v) is 3.06. The molecule has 2 aromatic rings.